The van der Waals surface area contributed by atoms with Crippen LogP contribution in [0.1, 0.15) is 44.0 Å². The fourth-order valence-electron chi connectivity index (χ4n) is 2.87. The zero-order chi connectivity index (χ0) is 19.8. The quantitative estimate of drug-likeness (QED) is 0.702. The van der Waals surface area contributed by atoms with Crippen molar-refractivity contribution in [1.29, 1.82) is 0 Å². The average Bonchev–Trinajstić information content (AvgIpc) is 2.63. The topological polar surface area (TPSA) is 84.9 Å². The minimum Gasteiger partial charge on any atom is -0.493 e. The summed E-state index contributed by atoms with van der Waals surface area (Å²) < 4.78 is 10.7. The summed E-state index contributed by atoms with van der Waals surface area (Å²) >= 11 is 0. The van der Waals surface area contributed by atoms with Gasteiger partial charge < -0.3 is 19.7 Å². The van der Waals surface area contributed by atoms with Gasteiger partial charge in [-0.15, -0.1) is 0 Å². The lowest BCUT2D eigenvalue weighted by Gasteiger charge is -2.34. The van der Waals surface area contributed by atoms with E-state index in [0.717, 1.165) is 6.42 Å². The van der Waals surface area contributed by atoms with Gasteiger partial charge in [0, 0.05) is 13.1 Å². The molecule has 7 heteroatoms. The summed E-state index contributed by atoms with van der Waals surface area (Å²) in [5.74, 6) is -0.185. The van der Waals surface area contributed by atoms with Gasteiger partial charge in [0.25, 0.3) is 5.91 Å². The number of rotatable bonds is 8. The van der Waals surface area contributed by atoms with E-state index in [9.17, 15) is 14.4 Å². The van der Waals surface area contributed by atoms with Crippen molar-refractivity contribution in [3.05, 3.63) is 29.8 Å². The summed E-state index contributed by atoms with van der Waals surface area (Å²) in [6.45, 7) is 7.32. The number of piperazine rings is 1. The van der Waals surface area contributed by atoms with Crippen LogP contribution in [0, 0.1) is 5.92 Å². The molecule has 7 nitrogen and oxygen atoms in total. The van der Waals surface area contributed by atoms with Gasteiger partial charge >= 0.3 is 5.97 Å². The molecular weight excluding hydrogens is 348 g/mol. The van der Waals surface area contributed by atoms with E-state index in [1.165, 1.54) is 4.90 Å². The largest absolute Gasteiger partial charge is 0.493 e. The number of hydrogen-bond acceptors (Lipinski definition) is 5. The average molecular weight is 376 g/mol. The summed E-state index contributed by atoms with van der Waals surface area (Å²) in [5.41, 5.74) is 0.393. The van der Waals surface area contributed by atoms with Gasteiger partial charge in [-0.05, 0) is 31.4 Å². The van der Waals surface area contributed by atoms with Crippen molar-refractivity contribution in [2.24, 2.45) is 5.92 Å². The first kappa shape index (κ1) is 20.7. The smallest absolute Gasteiger partial charge is 0.308 e. The molecule has 0 bridgehead atoms. The third-order valence-corrected chi connectivity index (χ3v) is 4.33. The monoisotopic (exact) mass is 376 g/mol. The number of para-hydroxylation sites is 1. The lowest BCUT2D eigenvalue weighted by molar-refractivity contribution is -0.147. The fourth-order valence-corrected chi connectivity index (χ4v) is 2.87. The van der Waals surface area contributed by atoms with Gasteiger partial charge in [-0.3, -0.25) is 14.4 Å². The number of esters is 1. The number of carbonyl (C=O) groups is 3. The molecule has 1 aromatic rings. The van der Waals surface area contributed by atoms with Gasteiger partial charge in [-0.2, -0.15) is 0 Å². The van der Waals surface area contributed by atoms with E-state index in [1.807, 2.05) is 0 Å². The molecule has 1 aliphatic heterocycles. The standard InChI is InChI=1S/C20H28N2O5/c1-4-26-18(23)13-16-19(24)21-10-11-22(16)20(25)15-7-5-6-8-17(15)27-12-9-14(2)3/h5-8,14,16H,4,9-13H2,1-3H3,(H,21,24)/t16-/m1/s1. The van der Waals surface area contributed by atoms with Crippen molar-refractivity contribution in [1.82, 2.24) is 10.2 Å². The Bertz CT molecular complexity index is 674. The third-order valence-electron chi connectivity index (χ3n) is 4.33. The summed E-state index contributed by atoms with van der Waals surface area (Å²) in [7, 11) is 0. The van der Waals surface area contributed by atoms with Crippen molar-refractivity contribution >= 4 is 17.8 Å². The van der Waals surface area contributed by atoms with Crippen LogP contribution in [0.5, 0.6) is 5.75 Å². The Morgan fingerprint density at radius 3 is 2.74 bits per heavy atom. The van der Waals surface area contributed by atoms with Gasteiger partial charge in [0.05, 0.1) is 25.2 Å². The van der Waals surface area contributed by atoms with Gasteiger partial charge in [0.15, 0.2) is 0 Å². The van der Waals surface area contributed by atoms with E-state index in [4.69, 9.17) is 9.47 Å². The number of nitrogens with one attached hydrogen (secondary N) is 1. The second-order valence-corrected chi connectivity index (χ2v) is 6.84. The lowest BCUT2D eigenvalue weighted by Crippen LogP contribution is -2.57. The number of hydrogen-bond donors (Lipinski definition) is 1. The van der Waals surface area contributed by atoms with E-state index < -0.39 is 12.0 Å². The van der Waals surface area contributed by atoms with Crippen LogP contribution in [0.3, 0.4) is 0 Å². The zero-order valence-corrected chi connectivity index (χ0v) is 16.2. The highest BCUT2D eigenvalue weighted by atomic mass is 16.5. The lowest BCUT2D eigenvalue weighted by atomic mass is 10.1. The Balaban J connectivity index is 2.18. The second-order valence-electron chi connectivity index (χ2n) is 6.84. The zero-order valence-electron chi connectivity index (χ0n) is 16.2. The van der Waals surface area contributed by atoms with Gasteiger partial charge in [0.1, 0.15) is 11.8 Å². The van der Waals surface area contributed by atoms with Gasteiger partial charge in [-0.1, -0.05) is 26.0 Å². The van der Waals surface area contributed by atoms with Gasteiger partial charge in [-0.25, -0.2) is 0 Å². The molecule has 1 aliphatic rings. The van der Waals surface area contributed by atoms with Crippen LogP contribution in [-0.2, 0) is 14.3 Å². The van der Waals surface area contributed by atoms with Crippen LogP contribution < -0.4 is 10.1 Å². The highest BCUT2D eigenvalue weighted by Crippen LogP contribution is 2.23. The molecule has 0 aliphatic carbocycles. The van der Waals surface area contributed by atoms with Crippen LogP contribution in [0.2, 0.25) is 0 Å². The molecule has 1 heterocycles. The molecule has 0 radical (unpaired) electrons. The molecule has 0 unspecified atom stereocenters. The Kier molecular flexibility index (Phi) is 7.64. The van der Waals surface area contributed by atoms with E-state index in [0.29, 0.717) is 36.9 Å². The fraction of sp³-hybridized carbons (Fsp3) is 0.550. The summed E-state index contributed by atoms with van der Waals surface area (Å²) in [5, 5.41) is 2.71. The summed E-state index contributed by atoms with van der Waals surface area (Å²) in [6.07, 6.45) is 0.710. The number of nitrogens with zero attached hydrogens (tertiary/aromatic N) is 1. The molecule has 0 aromatic heterocycles. The van der Waals surface area contributed by atoms with Gasteiger partial charge in [0.2, 0.25) is 5.91 Å². The first-order chi connectivity index (χ1) is 12.9. The van der Waals surface area contributed by atoms with Crippen molar-refractivity contribution in [3.63, 3.8) is 0 Å². The van der Waals surface area contributed by atoms with Crippen LogP contribution in [-0.4, -0.2) is 55.0 Å². The molecule has 27 heavy (non-hydrogen) atoms. The molecule has 1 N–H and O–H groups in total. The van der Waals surface area contributed by atoms with Crippen molar-refractivity contribution < 1.29 is 23.9 Å². The minimum atomic E-state index is -0.881. The Morgan fingerprint density at radius 1 is 1.30 bits per heavy atom. The molecule has 1 aromatic carbocycles. The molecule has 2 amide bonds. The molecule has 1 fully saturated rings. The predicted molar refractivity (Wildman–Crippen MR) is 100 cm³/mol. The third kappa shape index (κ3) is 5.70. The molecule has 148 valence electrons. The highest BCUT2D eigenvalue weighted by molar-refractivity contribution is 6.01. The maximum atomic E-state index is 13.1. The normalized spacial score (nSPS) is 16.8. The molecule has 1 atom stereocenters. The Morgan fingerprint density at radius 2 is 2.04 bits per heavy atom. The van der Waals surface area contributed by atoms with E-state index in [-0.39, 0.29) is 24.8 Å². The molecule has 1 saturated heterocycles. The molecular formula is C20H28N2O5. The first-order valence-electron chi connectivity index (χ1n) is 9.40. The Hall–Kier alpha value is -2.57. The van der Waals surface area contributed by atoms with Crippen molar-refractivity contribution in [2.45, 2.75) is 39.7 Å². The number of amides is 2. The maximum absolute atomic E-state index is 13.1. The second kappa shape index (κ2) is 9.94. The van der Waals surface area contributed by atoms with Crippen molar-refractivity contribution in [3.8, 4) is 5.75 Å². The predicted octanol–water partition coefficient (Wildman–Crippen LogP) is 2.01. The van der Waals surface area contributed by atoms with E-state index in [2.05, 4.69) is 19.2 Å². The maximum Gasteiger partial charge on any atom is 0.308 e. The van der Waals surface area contributed by atoms with Crippen LogP contribution in [0.25, 0.3) is 0 Å². The molecule has 0 saturated carbocycles. The number of ether oxygens (including phenoxy) is 2. The van der Waals surface area contributed by atoms with Crippen molar-refractivity contribution in [2.75, 3.05) is 26.3 Å². The first-order valence-corrected chi connectivity index (χ1v) is 9.40. The van der Waals surface area contributed by atoms with Crippen LogP contribution in [0.15, 0.2) is 24.3 Å². The summed E-state index contributed by atoms with van der Waals surface area (Å²) in [6, 6.07) is 6.11. The minimum absolute atomic E-state index is 0.165. The van der Waals surface area contributed by atoms with E-state index >= 15 is 0 Å². The Labute approximate surface area is 160 Å². The van der Waals surface area contributed by atoms with Crippen LogP contribution >= 0.6 is 0 Å². The number of benzene rings is 1. The number of carbonyl (C=O) groups excluding carboxylic acids is 3. The highest BCUT2D eigenvalue weighted by Gasteiger charge is 2.36. The van der Waals surface area contributed by atoms with E-state index in [1.54, 1.807) is 31.2 Å². The molecule has 2 rings (SSSR count). The SMILES string of the molecule is CCOC(=O)C[C@@H]1C(=O)NCCN1C(=O)c1ccccc1OCCC(C)C. The summed E-state index contributed by atoms with van der Waals surface area (Å²) in [4.78, 5) is 38.7. The van der Waals surface area contributed by atoms with Crippen LogP contribution in [0.4, 0.5) is 0 Å². The molecule has 0 spiro atoms.